The number of benzene rings is 3. The summed E-state index contributed by atoms with van der Waals surface area (Å²) in [6.07, 6.45) is 1.74. The van der Waals surface area contributed by atoms with Crippen molar-refractivity contribution in [1.82, 2.24) is 0 Å². The van der Waals surface area contributed by atoms with Crippen molar-refractivity contribution < 1.29 is 14.2 Å². The monoisotopic (exact) mass is 415 g/mol. The van der Waals surface area contributed by atoms with Crippen LogP contribution in [0.2, 0.25) is 10.0 Å². The maximum atomic E-state index is 6.13. The van der Waals surface area contributed by atoms with E-state index >= 15 is 0 Å². The third kappa shape index (κ3) is 5.18. The zero-order valence-corrected chi connectivity index (χ0v) is 17.0. The van der Waals surface area contributed by atoms with Crippen molar-refractivity contribution in [1.29, 1.82) is 0 Å². The van der Waals surface area contributed by atoms with Gasteiger partial charge in [-0.15, -0.1) is 0 Å². The number of hydrogen-bond donors (Lipinski definition) is 0. The fourth-order valence-corrected chi connectivity index (χ4v) is 2.89. The van der Waals surface area contributed by atoms with Gasteiger partial charge in [-0.1, -0.05) is 35.3 Å². The average Bonchev–Trinajstić information content (AvgIpc) is 2.72. The normalized spacial score (nSPS) is 10.9. The minimum atomic E-state index is 0.422. The lowest BCUT2D eigenvalue weighted by atomic mass is 10.2. The second-order valence-electron chi connectivity index (χ2n) is 5.90. The summed E-state index contributed by atoms with van der Waals surface area (Å²) in [5.74, 6) is 1.90. The van der Waals surface area contributed by atoms with Gasteiger partial charge in [0.1, 0.15) is 12.4 Å². The van der Waals surface area contributed by atoms with E-state index in [0.29, 0.717) is 33.9 Å². The second-order valence-corrected chi connectivity index (χ2v) is 6.75. The summed E-state index contributed by atoms with van der Waals surface area (Å²) < 4.78 is 16.5. The Morgan fingerprint density at radius 1 is 0.821 bits per heavy atom. The van der Waals surface area contributed by atoms with E-state index in [1.807, 2.05) is 48.5 Å². The van der Waals surface area contributed by atoms with Crippen LogP contribution in [0.3, 0.4) is 0 Å². The zero-order chi connectivity index (χ0) is 19.9. The van der Waals surface area contributed by atoms with Gasteiger partial charge in [-0.2, -0.15) is 0 Å². The highest BCUT2D eigenvalue weighted by Crippen LogP contribution is 2.30. The van der Waals surface area contributed by atoms with Crippen LogP contribution in [0.1, 0.15) is 11.1 Å². The molecule has 0 unspecified atom stereocenters. The summed E-state index contributed by atoms with van der Waals surface area (Å²) in [4.78, 5) is 4.45. The highest BCUT2D eigenvalue weighted by Gasteiger charge is 2.06. The molecule has 0 aromatic heterocycles. The summed E-state index contributed by atoms with van der Waals surface area (Å²) >= 11 is 12.0. The van der Waals surface area contributed by atoms with Gasteiger partial charge < -0.3 is 14.2 Å². The standard InChI is InChI=1S/C22H19Cl2NO3/c1-26-20-10-8-18(12-19(20)24)25-13-16-5-9-21(22(11-16)27-2)28-14-15-3-6-17(23)7-4-15/h3-13H,14H2,1-2H3. The topological polar surface area (TPSA) is 40.0 Å². The first-order valence-electron chi connectivity index (χ1n) is 8.52. The van der Waals surface area contributed by atoms with Gasteiger partial charge in [0.25, 0.3) is 0 Å². The molecule has 0 N–H and O–H groups in total. The number of hydrogen-bond acceptors (Lipinski definition) is 4. The van der Waals surface area contributed by atoms with E-state index in [9.17, 15) is 0 Å². The van der Waals surface area contributed by atoms with Gasteiger partial charge in [0.15, 0.2) is 11.5 Å². The van der Waals surface area contributed by atoms with E-state index in [1.165, 1.54) is 0 Å². The van der Waals surface area contributed by atoms with Crippen LogP contribution in [0.4, 0.5) is 5.69 Å². The molecule has 0 atom stereocenters. The van der Waals surface area contributed by atoms with Crippen LogP contribution in [0.25, 0.3) is 0 Å². The molecule has 3 rings (SSSR count). The van der Waals surface area contributed by atoms with Gasteiger partial charge in [-0.25, -0.2) is 0 Å². The lowest BCUT2D eigenvalue weighted by Crippen LogP contribution is -1.98. The Morgan fingerprint density at radius 3 is 2.21 bits per heavy atom. The molecular formula is C22H19Cl2NO3. The van der Waals surface area contributed by atoms with Crippen LogP contribution < -0.4 is 14.2 Å². The van der Waals surface area contributed by atoms with Crippen molar-refractivity contribution in [2.45, 2.75) is 6.61 Å². The van der Waals surface area contributed by atoms with Crippen molar-refractivity contribution in [2.24, 2.45) is 4.99 Å². The minimum absolute atomic E-state index is 0.422. The van der Waals surface area contributed by atoms with E-state index in [-0.39, 0.29) is 0 Å². The van der Waals surface area contributed by atoms with Gasteiger partial charge in [0.2, 0.25) is 0 Å². The molecule has 0 amide bonds. The predicted octanol–water partition coefficient (Wildman–Crippen LogP) is 6.34. The number of halogens is 2. The zero-order valence-electron chi connectivity index (χ0n) is 15.5. The second kappa shape index (κ2) is 9.49. The summed E-state index contributed by atoms with van der Waals surface area (Å²) in [7, 11) is 3.18. The molecule has 0 aliphatic carbocycles. The van der Waals surface area contributed by atoms with Crippen LogP contribution in [0.15, 0.2) is 65.7 Å². The lowest BCUT2D eigenvalue weighted by molar-refractivity contribution is 0.284. The van der Waals surface area contributed by atoms with Gasteiger partial charge >= 0.3 is 0 Å². The summed E-state index contributed by atoms with van der Waals surface area (Å²) in [5, 5.41) is 1.21. The molecule has 144 valence electrons. The molecule has 0 fully saturated rings. The summed E-state index contributed by atoms with van der Waals surface area (Å²) in [5.41, 5.74) is 2.63. The first kappa shape index (κ1) is 20.1. The van der Waals surface area contributed by atoms with Gasteiger partial charge in [0, 0.05) is 11.2 Å². The number of methoxy groups -OCH3 is 2. The first-order chi connectivity index (χ1) is 13.6. The average molecular weight is 416 g/mol. The quantitative estimate of drug-likeness (QED) is 0.422. The van der Waals surface area contributed by atoms with Crippen LogP contribution in [0, 0.1) is 0 Å². The fourth-order valence-electron chi connectivity index (χ4n) is 2.51. The van der Waals surface area contributed by atoms with Crippen LogP contribution in [-0.2, 0) is 6.61 Å². The number of nitrogens with zero attached hydrogens (tertiary/aromatic N) is 1. The summed E-state index contributed by atoms with van der Waals surface area (Å²) in [6.45, 7) is 0.422. The largest absolute Gasteiger partial charge is 0.495 e. The van der Waals surface area contributed by atoms with Crippen LogP contribution >= 0.6 is 23.2 Å². The maximum absolute atomic E-state index is 6.13. The molecule has 28 heavy (non-hydrogen) atoms. The Bertz CT molecular complexity index is 972. The summed E-state index contributed by atoms with van der Waals surface area (Å²) in [6, 6.07) is 18.5. The van der Waals surface area contributed by atoms with Crippen molar-refractivity contribution in [3.8, 4) is 17.2 Å². The first-order valence-corrected chi connectivity index (χ1v) is 9.27. The third-order valence-electron chi connectivity index (χ3n) is 3.99. The van der Waals surface area contributed by atoms with Crippen LogP contribution in [-0.4, -0.2) is 20.4 Å². The molecule has 0 aliphatic rings. The van der Waals surface area contributed by atoms with Crippen molar-refractivity contribution in [3.63, 3.8) is 0 Å². The molecule has 4 nitrogen and oxygen atoms in total. The van der Waals surface area contributed by atoms with Crippen LogP contribution in [0.5, 0.6) is 17.2 Å². The number of aliphatic imine (C=N–C) groups is 1. The van der Waals surface area contributed by atoms with E-state index in [2.05, 4.69) is 4.99 Å². The molecule has 3 aromatic rings. The maximum Gasteiger partial charge on any atom is 0.161 e. The number of ether oxygens (including phenoxy) is 3. The van der Waals surface area contributed by atoms with Crippen molar-refractivity contribution in [2.75, 3.05) is 14.2 Å². The Hall–Kier alpha value is -2.69. The Kier molecular flexibility index (Phi) is 6.80. The van der Waals surface area contributed by atoms with Crippen molar-refractivity contribution in [3.05, 3.63) is 81.8 Å². The molecule has 0 saturated heterocycles. The highest BCUT2D eigenvalue weighted by atomic mass is 35.5. The Morgan fingerprint density at radius 2 is 1.54 bits per heavy atom. The smallest absolute Gasteiger partial charge is 0.161 e. The molecule has 0 radical (unpaired) electrons. The molecule has 0 aliphatic heterocycles. The third-order valence-corrected chi connectivity index (χ3v) is 4.54. The molecule has 0 saturated carbocycles. The highest BCUT2D eigenvalue weighted by molar-refractivity contribution is 6.32. The van der Waals surface area contributed by atoms with E-state index in [4.69, 9.17) is 37.4 Å². The predicted molar refractivity (Wildman–Crippen MR) is 114 cm³/mol. The molecule has 0 bridgehead atoms. The van der Waals surface area contributed by atoms with Gasteiger partial charge in [-0.3, -0.25) is 4.99 Å². The molecule has 0 spiro atoms. The SMILES string of the molecule is COc1ccc(N=Cc2ccc(OCc3ccc(Cl)cc3)c(OC)c2)cc1Cl. The Balaban J connectivity index is 1.71. The molecule has 3 aromatic carbocycles. The van der Waals surface area contributed by atoms with Crippen molar-refractivity contribution >= 4 is 35.1 Å². The van der Waals surface area contributed by atoms with E-state index in [1.54, 1.807) is 32.6 Å². The molecular weight excluding hydrogens is 397 g/mol. The van der Waals surface area contributed by atoms with E-state index < -0.39 is 0 Å². The Labute approximate surface area is 174 Å². The molecule has 6 heteroatoms. The van der Waals surface area contributed by atoms with Gasteiger partial charge in [-0.05, 0) is 59.7 Å². The van der Waals surface area contributed by atoms with Gasteiger partial charge in [0.05, 0.1) is 24.9 Å². The minimum Gasteiger partial charge on any atom is -0.495 e. The fraction of sp³-hybridized carbons (Fsp3) is 0.136. The van der Waals surface area contributed by atoms with E-state index in [0.717, 1.165) is 16.8 Å². The lowest BCUT2D eigenvalue weighted by Gasteiger charge is -2.11. The molecule has 0 heterocycles. The number of rotatable bonds is 7.